The van der Waals surface area contributed by atoms with Gasteiger partial charge in [-0.05, 0) is 44.7 Å². The molecule has 262 valence electrons. The van der Waals surface area contributed by atoms with Crippen molar-refractivity contribution in [3.8, 4) is 0 Å². The Labute approximate surface area is 274 Å². The molecular formula is C35H56O11. The van der Waals surface area contributed by atoms with Gasteiger partial charge in [0.15, 0.2) is 0 Å². The largest absolute Gasteiger partial charge is 0.467 e. The van der Waals surface area contributed by atoms with Crippen molar-refractivity contribution in [2.75, 3.05) is 41.0 Å². The molecule has 3 fully saturated rings. The van der Waals surface area contributed by atoms with Gasteiger partial charge in [0.05, 0.1) is 55.1 Å². The van der Waals surface area contributed by atoms with Crippen molar-refractivity contribution >= 4 is 0 Å². The van der Waals surface area contributed by atoms with Gasteiger partial charge < -0.3 is 53.2 Å². The summed E-state index contributed by atoms with van der Waals surface area (Å²) in [5.41, 5.74) is -0.868. The number of fused-ring (bicyclic) bond motifs is 1. The highest BCUT2D eigenvalue weighted by molar-refractivity contribution is 5.13. The molecule has 46 heavy (non-hydrogen) atoms. The van der Waals surface area contributed by atoms with Crippen LogP contribution in [0.5, 0.6) is 0 Å². The number of methoxy groups -OCH3 is 2. The molecule has 11 heteroatoms. The number of ether oxygens (including phenoxy) is 8. The van der Waals surface area contributed by atoms with E-state index in [9.17, 15) is 15.3 Å². The van der Waals surface area contributed by atoms with Gasteiger partial charge in [-0.25, -0.2) is 0 Å². The van der Waals surface area contributed by atoms with E-state index >= 15 is 0 Å². The predicted octanol–water partition coefficient (Wildman–Crippen LogP) is 4.07. The van der Waals surface area contributed by atoms with Gasteiger partial charge >= 0.3 is 0 Å². The summed E-state index contributed by atoms with van der Waals surface area (Å²) in [5, 5.41) is 34.1. The van der Waals surface area contributed by atoms with Gasteiger partial charge in [0, 0.05) is 51.9 Å². The standard InChI is InChI=1S/C35H56O11/c1-24(13-15-41-20-26-10-8-7-9-11-26)35(38)25(2)16-28(45-35)17-27(36)18-31-33(3,37)14-12-29-30(44-31)19-32(43-23-40-6)34(4,46-29)21-42-22-39-5/h7-11,17,24-25,27,29-32,36-38H,12-16,18-23H2,1-6H3/b28-17-/t24-,25-,27-,29-,30+,31-,32-,33+,34+,35+/m0/s1. The van der Waals surface area contributed by atoms with Crippen LogP contribution in [-0.4, -0.2) is 104 Å². The molecule has 3 aliphatic rings. The summed E-state index contributed by atoms with van der Waals surface area (Å²) in [4.78, 5) is 0. The monoisotopic (exact) mass is 652 g/mol. The Hall–Kier alpha value is -1.64. The van der Waals surface area contributed by atoms with Crippen molar-refractivity contribution in [3.63, 3.8) is 0 Å². The highest BCUT2D eigenvalue weighted by Gasteiger charge is 2.52. The second kappa shape index (κ2) is 16.6. The second-order valence-corrected chi connectivity index (χ2v) is 13.7. The Balaban J connectivity index is 1.35. The smallest absolute Gasteiger partial charge is 0.213 e. The summed E-state index contributed by atoms with van der Waals surface area (Å²) in [6.45, 7) is 9.08. The third-order valence-electron chi connectivity index (χ3n) is 9.76. The van der Waals surface area contributed by atoms with Gasteiger partial charge in [-0.15, -0.1) is 0 Å². The summed E-state index contributed by atoms with van der Waals surface area (Å²) in [7, 11) is 3.13. The van der Waals surface area contributed by atoms with Gasteiger partial charge in [-0.1, -0.05) is 44.2 Å². The Kier molecular flexibility index (Phi) is 13.5. The van der Waals surface area contributed by atoms with Crippen molar-refractivity contribution < 1.29 is 53.2 Å². The average molecular weight is 653 g/mol. The topological polar surface area (TPSA) is 135 Å². The number of rotatable bonds is 16. The average Bonchev–Trinajstić information content (AvgIpc) is 3.25. The van der Waals surface area contributed by atoms with Crippen LogP contribution in [0.4, 0.5) is 0 Å². The first kappa shape index (κ1) is 37.2. The molecule has 4 rings (SSSR count). The van der Waals surface area contributed by atoms with E-state index in [0.29, 0.717) is 51.1 Å². The summed E-state index contributed by atoms with van der Waals surface area (Å²) >= 11 is 0. The minimum Gasteiger partial charge on any atom is -0.467 e. The molecule has 11 nitrogen and oxygen atoms in total. The van der Waals surface area contributed by atoms with E-state index in [4.69, 9.17) is 37.9 Å². The lowest BCUT2D eigenvalue weighted by molar-refractivity contribution is -0.276. The molecule has 0 unspecified atom stereocenters. The van der Waals surface area contributed by atoms with Crippen molar-refractivity contribution in [1.29, 1.82) is 0 Å². The van der Waals surface area contributed by atoms with Crippen LogP contribution in [0.15, 0.2) is 42.2 Å². The minimum absolute atomic E-state index is 0.0861. The fraction of sp³-hybridized carbons (Fsp3) is 0.771. The van der Waals surface area contributed by atoms with Crippen LogP contribution in [0, 0.1) is 11.8 Å². The van der Waals surface area contributed by atoms with E-state index in [1.807, 2.05) is 51.1 Å². The highest BCUT2D eigenvalue weighted by atomic mass is 16.7. The zero-order valence-corrected chi connectivity index (χ0v) is 28.4. The number of benzene rings is 1. The number of allylic oxidation sites excluding steroid dienone is 1. The lowest BCUT2D eigenvalue weighted by Gasteiger charge is -2.47. The maximum Gasteiger partial charge on any atom is 0.213 e. The fourth-order valence-corrected chi connectivity index (χ4v) is 6.83. The van der Waals surface area contributed by atoms with Crippen LogP contribution in [0.25, 0.3) is 0 Å². The molecule has 0 radical (unpaired) electrons. The molecule has 3 N–H and O–H groups in total. The summed E-state index contributed by atoms with van der Waals surface area (Å²) in [6, 6.07) is 9.98. The summed E-state index contributed by atoms with van der Waals surface area (Å²) < 4.78 is 46.9. The van der Waals surface area contributed by atoms with Gasteiger partial charge in [0.2, 0.25) is 5.79 Å². The van der Waals surface area contributed by atoms with E-state index in [2.05, 4.69) is 0 Å². The van der Waals surface area contributed by atoms with Crippen LogP contribution < -0.4 is 0 Å². The van der Waals surface area contributed by atoms with Gasteiger partial charge in [0.1, 0.15) is 19.2 Å². The molecule has 1 aromatic rings. The quantitative estimate of drug-likeness (QED) is 0.176. The first-order valence-electron chi connectivity index (χ1n) is 16.5. The lowest BCUT2D eigenvalue weighted by Crippen LogP contribution is -2.58. The molecule has 0 saturated carbocycles. The van der Waals surface area contributed by atoms with Crippen molar-refractivity contribution in [2.24, 2.45) is 11.8 Å². The zero-order chi connectivity index (χ0) is 33.4. The third-order valence-corrected chi connectivity index (χ3v) is 9.76. The van der Waals surface area contributed by atoms with Gasteiger partial charge in [-0.2, -0.15) is 0 Å². The van der Waals surface area contributed by atoms with Crippen molar-refractivity contribution in [1.82, 2.24) is 0 Å². The molecule has 10 atom stereocenters. The van der Waals surface area contributed by atoms with E-state index in [0.717, 1.165) is 5.56 Å². The Morgan fingerprint density at radius 3 is 2.50 bits per heavy atom. The second-order valence-electron chi connectivity index (χ2n) is 13.7. The molecule has 0 amide bonds. The van der Waals surface area contributed by atoms with Crippen molar-refractivity contribution in [2.45, 2.75) is 120 Å². The SMILES string of the molecule is COCOC[C@@]1(C)O[C@H]2CC[C@@](C)(O)[C@H](C[C@@H](O)/C=C3/C[C@H](C)[C@@](O)([C@@H](C)CCOCc4ccccc4)O3)O[C@@H]2C[C@@H]1OCOC. The van der Waals surface area contributed by atoms with Gasteiger partial charge in [-0.3, -0.25) is 0 Å². The number of aliphatic hydroxyl groups is 3. The van der Waals surface area contributed by atoms with E-state index < -0.39 is 35.3 Å². The molecule has 3 heterocycles. The highest BCUT2D eigenvalue weighted by Crippen LogP contribution is 2.44. The molecule has 1 aromatic carbocycles. The number of aliphatic hydroxyl groups excluding tert-OH is 1. The Bertz CT molecular complexity index is 1080. The van der Waals surface area contributed by atoms with Crippen LogP contribution in [-0.2, 0) is 44.5 Å². The first-order valence-corrected chi connectivity index (χ1v) is 16.5. The minimum atomic E-state index is -1.37. The fourth-order valence-electron chi connectivity index (χ4n) is 6.83. The third kappa shape index (κ3) is 9.49. The maximum atomic E-state index is 11.5. The molecule has 0 bridgehead atoms. The lowest BCUT2D eigenvalue weighted by atomic mass is 9.86. The van der Waals surface area contributed by atoms with E-state index in [-0.39, 0.29) is 50.7 Å². The molecule has 0 aromatic heterocycles. The number of hydrogen-bond donors (Lipinski definition) is 3. The summed E-state index contributed by atoms with van der Waals surface area (Å²) in [6.07, 6.45) is 1.73. The number of hydrogen-bond acceptors (Lipinski definition) is 11. The van der Waals surface area contributed by atoms with E-state index in [1.165, 1.54) is 0 Å². The Morgan fingerprint density at radius 1 is 1.04 bits per heavy atom. The predicted molar refractivity (Wildman–Crippen MR) is 169 cm³/mol. The maximum absolute atomic E-state index is 11.5. The Morgan fingerprint density at radius 2 is 1.78 bits per heavy atom. The molecule has 3 saturated heterocycles. The zero-order valence-electron chi connectivity index (χ0n) is 28.4. The van der Waals surface area contributed by atoms with Crippen LogP contribution >= 0.6 is 0 Å². The summed E-state index contributed by atoms with van der Waals surface area (Å²) in [5.74, 6) is -1.19. The molecule has 0 aliphatic carbocycles. The van der Waals surface area contributed by atoms with Crippen LogP contribution in [0.2, 0.25) is 0 Å². The van der Waals surface area contributed by atoms with Crippen LogP contribution in [0.1, 0.15) is 71.8 Å². The molecular weight excluding hydrogens is 596 g/mol. The molecule has 0 spiro atoms. The first-order chi connectivity index (χ1) is 21.9. The van der Waals surface area contributed by atoms with Gasteiger partial charge in [0.25, 0.3) is 0 Å². The van der Waals surface area contributed by atoms with Crippen molar-refractivity contribution in [3.05, 3.63) is 47.7 Å². The molecule has 3 aliphatic heterocycles. The van der Waals surface area contributed by atoms with E-state index in [1.54, 1.807) is 27.2 Å². The van der Waals surface area contributed by atoms with Crippen LogP contribution in [0.3, 0.4) is 0 Å². The normalized spacial score (nSPS) is 37.0.